The van der Waals surface area contributed by atoms with Crippen LogP contribution in [0.4, 0.5) is 0 Å². The van der Waals surface area contributed by atoms with Crippen molar-refractivity contribution < 1.29 is 0 Å². The van der Waals surface area contributed by atoms with E-state index in [0.717, 1.165) is 11.8 Å². The number of nitrogens with one attached hydrogen (secondary N) is 1. The lowest BCUT2D eigenvalue weighted by Crippen LogP contribution is -2.27. The lowest BCUT2D eigenvalue weighted by molar-refractivity contribution is 0.406. The summed E-state index contributed by atoms with van der Waals surface area (Å²) in [5.74, 6) is 0. The van der Waals surface area contributed by atoms with Gasteiger partial charge in [0.25, 0.3) is 0 Å². The second-order valence-electron chi connectivity index (χ2n) is 5.78. The van der Waals surface area contributed by atoms with E-state index >= 15 is 0 Å². The van der Waals surface area contributed by atoms with Crippen LogP contribution in [0.5, 0.6) is 0 Å². The van der Waals surface area contributed by atoms with Crippen LogP contribution in [0.2, 0.25) is 0 Å². The van der Waals surface area contributed by atoms with E-state index in [2.05, 4.69) is 22.4 Å². The predicted molar refractivity (Wildman–Crippen MR) is 81.6 cm³/mol. The van der Waals surface area contributed by atoms with Crippen molar-refractivity contribution in [2.75, 3.05) is 6.54 Å². The maximum Gasteiger partial charge on any atom is 0.101 e. The first-order chi connectivity index (χ1) is 9.43. The molecule has 2 nitrogen and oxygen atoms in total. The van der Waals surface area contributed by atoms with Crippen LogP contribution >= 0.6 is 11.8 Å². The SMILES string of the molecule is c1cnc(SC2CCCCC2)c([C@@H]2CCCCN2)c1. The number of thioether (sulfide) groups is 1. The van der Waals surface area contributed by atoms with Gasteiger partial charge in [0.2, 0.25) is 0 Å². The van der Waals surface area contributed by atoms with Crippen LogP contribution in [0.1, 0.15) is 63.0 Å². The van der Waals surface area contributed by atoms with Crippen LogP contribution in [0.3, 0.4) is 0 Å². The Bertz CT molecular complexity index is 395. The molecule has 1 aliphatic heterocycles. The Morgan fingerprint density at radius 1 is 1.05 bits per heavy atom. The third kappa shape index (κ3) is 3.51. The van der Waals surface area contributed by atoms with Crippen LogP contribution in [0.25, 0.3) is 0 Å². The molecular weight excluding hydrogens is 252 g/mol. The minimum Gasteiger partial charge on any atom is -0.310 e. The highest BCUT2D eigenvalue weighted by Crippen LogP contribution is 2.37. The lowest BCUT2D eigenvalue weighted by Gasteiger charge is -2.27. The van der Waals surface area contributed by atoms with Crippen molar-refractivity contribution >= 4 is 11.8 Å². The third-order valence-corrected chi connectivity index (χ3v) is 5.69. The molecule has 0 spiro atoms. The van der Waals surface area contributed by atoms with E-state index in [1.54, 1.807) is 0 Å². The van der Waals surface area contributed by atoms with Crippen molar-refractivity contribution in [1.82, 2.24) is 10.3 Å². The summed E-state index contributed by atoms with van der Waals surface area (Å²) in [6.07, 6.45) is 12.9. The van der Waals surface area contributed by atoms with E-state index in [1.165, 1.54) is 62.0 Å². The van der Waals surface area contributed by atoms with Crippen LogP contribution < -0.4 is 5.32 Å². The predicted octanol–water partition coefficient (Wildman–Crippen LogP) is 4.32. The van der Waals surface area contributed by atoms with Crippen LogP contribution in [-0.2, 0) is 0 Å². The summed E-state index contributed by atoms with van der Waals surface area (Å²) in [6.45, 7) is 1.16. The maximum absolute atomic E-state index is 4.67. The molecule has 0 unspecified atom stereocenters. The molecule has 0 bridgehead atoms. The Morgan fingerprint density at radius 3 is 2.68 bits per heavy atom. The van der Waals surface area contributed by atoms with Gasteiger partial charge in [0.1, 0.15) is 5.03 Å². The summed E-state index contributed by atoms with van der Waals surface area (Å²) < 4.78 is 0. The van der Waals surface area contributed by atoms with Crippen molar-refractivity contribution in [2.24, 2.45) is 0 Å². The largest absolute Gasteiger partial charge is 0.310 e. The van der Waals surface area contributed by atoms with E-state index < -0.39 is 0 Å². The summed E-state index contributed by atoms with van der Waals surface area (Å²) in [6, 6.07) is 4.91. The van der Waals surface area contributed by atoms with Gasteiger partial charge < -0.3 is 5.32 Å². The van der Waals surface area contributed by atoms with Gasteiger partial charge in [-0.3, -0.25) is 0 Å². The molecule has 1 aromatic heterocycles. The molecule has 3 heteroatoms. The van der Waals surface area contributed by atoms with E-state index in [4.69, 9.17) is 0 Å². The molecule has 0 amide bonds. The zero-order chi connectivity index (χ0) is 12.9. The van der Waals surface area contributed by atoms with Crippen molar-refractivity contribution in [1.29, 1.82) is 0 Å². The zero-order valence-corrected chi connectivity index (χ0v) is 12.4. The highest BCUT2D eigenvalue weighted by atomic mass is 32.2. The van der Waals surface area contributed by atoms with Gasteiger partial charge in [0, 0.05) is 23.1 Å². The number of hydrogen-bond donors (Lipinski definition) is 1. The maximum atomic E-state index is 4.67. The first-order valence-corrected chi connectivity index (χ1v) is 8.66. The fraction of sp³-hybridized carbons (Fsp3) is 0.688. The van der Waals surface area contributed by atoms with Gasteiger partial charge in [-0.25, -0.2) is 4.98 Å². The molecule has 3 rings (SSSR count). The molecule has 19 heavy (non-hydrogen) atoms. The standard InChI is InChI=1S/C16H24N2S/c1-2-7-13(8-3-1)19-16-14(9-6-12-18-16)15-10-4-5-11-17-15/h6,9,12-13,15,17H,1-5,7-8,10-11H2/t15-/m0/s1. The second-order valence-corrected chi connectivity index (χ2v) is 7.07. The first-order valence-electron chi connectivity index (χ1n) is 7.78. The first kappa shape index (κ1) is 13.4. The molecule has 1 aromatic rings. The van der Waals surface area contributed by atoms with E-state index in [1.807, 2.05) is 18.0 Å². The Balaban J connectivity index is 1.72. The molecule has 1 saturated heterocycles. The van der Waals surface area contributed by atoms with Gasteiger partial charge in [0.15, 0.2) is 0 Å². The van der Waals surface area contributed by atoms with E-state index in [0.29, 0.717) is 6.04 Å². The number of hydrogen-bond acceptors (Lipinski definition) is 3. The van der Waals surface area contributed by atoms with Gasteiger partial charge >= 0.3 is 0 Å². The highest BCUT2D eigenvalue weighted by Gasteiger charge is 2.21. The monoisotopic (exact) mass is 276 g/mol. The van der Waals surface area contributed by atoms with Crippen LogP contribution in [0, 0.1) is 0 Å². The quantitative estimate of drug-likeness (QED) is 0.890. The average molecular weight is 276 g/mol. The van der Waals surface area contributed by atoms with Gasteiger partial charge in [-0.05, 0) is 38.3 Å². The van der Waals surface area contributed by atoms with Crippen molar-refractivity contribution in [3.63, 3.8) is 0 Å². The zero-order valence-electron chi connectivity index (χ0n) is 11.6. The molecule has 2 heterocycles. The molecule has 0 radical (unpaired) electrons. The summed E-state index contributed by atoms with van der Waals surface area (Å²) in [7, 11) is 0. The van der Waals surface area contributed by atoms with Crippen LogP contribution in [-0.4, -0.2) is 16.8 Å². The van der Waals surface area contributed by atoms with Gasteiger partial charge in [-0.2, -0.15) is 0 Å². The number of rotatable bonds is 3. The number of nitrogens with zero attached hydrogens (tertiary/aromatic N) is 1. The minimum absolute atomic E-state index is 0.536. The molecule has 0 aromatic carbocycles. The molecular formula is C16H24N2S. The van der Waals surface area contributed by atoms with E-state index in [-0.39, 0.29) is 0 Å². The van der Waals surface area contributed by atoms with Crippen molar-refractivity contribution in [3.8, 4) is 0 Å². The third-order valence-electron chi connectivity index (χ3n) is 4.32. The fourth-order valence-corrected chi connectivity index (χ4v) is 4.58. The molecule has 1 saturated carbocycles. The number of pyridine rings is 1. The molecule has 2 aliphatic rings. The van der Waals surface area contributed by atoms with Crippen molar-refractivity contribution in [2.45, 2.75) is 67.7 Å². The lowest BCUT2D eigenvalue weighted by atomic mass is 9.99. The van der Waals surface area contributed by atoms with Gasteiger partial charge in [-0.15, -0.1) is 11.8 Å². The summed E-state index contributed by atoms with van der Waals surface area (Å²) >= 11 is 2.03. The Hall–Kier alpha value is -0.540. The summed E-state index contributed by atoms with van der Waals surface area (Å²) in [5.41, 5.74) is 1.44. The summed E-state index contributed by atoms with van der Waals surface area (Å²) in [5, 5.41) is 5.74. The number of piperidine rings is 1. The second kappa shape index (κ2) is 6.76. The van der Waals surface area contributed by atoms with Gasteiger partial charge in [0.05, 0.1) is 0 Å². The molecule has 1 atom stereocenters. The molecule has 2 fully saturated rings. The molecule has 1 N–H and O–H groups in total. The smallest absolute Gasteiger partial charge is 0.101 e. The Kier molecular flexibility index (Phi) is 4.78. The number of aromatic nitrogens is 1. The molecule has 1 aliphatic carbocycles. The van der Waals surface area contributed by atoms with Crippen LogP contribution in [0.15, 0.2) is 23.4 Å². The highest BCUT2D eigenvalue weighted by molar-refractivity contribution is 7.99. The Morgan fingerprint density at radius 2 is 1.89 bits per heavy atom. The normalized spacial score (nSPS) is 25.4. The summed E-state index contributed by atoms with van der Waals surface area (Å²) in [4.78, 5) is 4.67. The topological polar surface area (TPSA) is 24.9 Å². The van der Waals surface area contributed by atoms with E-state index in [9.17, 15) is 0 Å². The van der Waals surface area contributed by atoms with Crippen molar-refractivity contribution in [3.05, 3.63) is 23.9 Å². The average Bonchev–Trinajstić information content (AvgIpc) is 2.50. The molecule has 104 valence electrons. The minimum atomic E-state index is 0.536. The van der Waals surface area contributed by atoms with Gasteiger partial charge in [-0.1, -0.05) is 31.7 Å². The Labute approximate surface area is 120 Å². The fourth-order valence-electron chi connectivity index (χ4n) is 3.23.